The number of nitrogens with zero attached hydrogens (tertiary/aromatic N) is 2. The Kier molecular flexibility index (Phi) is 3.49. The van der Waals surface area contributed by atoms with Crippen LogP contribution in [0.5, 0.6) is 0 Å². The van der Waals surface area contributed by atoms with Crippen molar-refractivity contribution in [3.63, 3.8) is 0 Å². The number of aryl methyl sites for hydroxylation is 3. The number of hydrogen-bond acceptors (Lipinski definition) is 5. The first-order valence-electron chi connectivity index (χ1n) is 5.47. The molecule has 2 aromatic rings. The molecule has 0 atom stereocenters. The molecule has 0 aliphatic heterocycles. The Morgan fingerprint density at radius 2 is 1.83 bits per heavy atom. The summed E-state index contributed by atoms with van der Waals surface area (Å²) in [4.78, 5) is 0.346. The Morgan fingerprint density at radius 1 is 1.11 bits per heavy atom. The van der Waals surface area contributed by atoms with Gasteiger partial charge in [-0.1, -0.05) is 6.07 Å². The summed E-state index contributed by atoms with van der Waals surface area (Å²) in [5.41, 5.74) is 2.06. The van der Waals surface area contributed by atoms with Crippen LogP contribution in [0.25, 0.3) is 0 Å². The van der Waals surface area contributed by atoms with Gasteiger partial charge in [0.25, 0.3) is 0 Å². The standard InChI is InChI=1S/C12H14N2O2S2/c1-8-4-5-11(6-9(8)2)18(15,16)7-12-14-13-10(3)17-12/h4-6H,7H2,1-3H3. The van der Waals surface area contributed by atoms with E-state index in [9.17, 15) is 8.42 Å². The molecule has 0 N–H and O–H groups in total. The maximum absolute atomic E-state index is 12.2. The van der Waals surface area contributed by atoms with Crippen LogP contribution >= 0.6 is 11.3 Å². The number of sulfone groups is 1. The van der Waals surface area contributed by atoms with E-state index in [0.717, 1.165) is 16.1 Å². The van der Waals surface area contributed by atoms with Crippen molar-refractivity contribution >= 4 is 21.2 Å². The summed E-state index contributed by atoms with van der Waals surface area (Å²) in [7, 11) is -3.33. The Labute approximate surface area is 111 Å². The molecule has 0 aliphatic rings. The Balaban J connectivity index is 2.33. The first kappa shape index (κ1) is 13.2. The topological polar surface area (TPSA) is 59.9 Å². The Morgan fingerprint density at radius 3 is 2.39 bits per heavy atom. The molecule has 0 unspecified atom stereocenters. The number of benzene rings is 1. The van der Waals surface area contributed by atoms with Gasteiger partial charge in [0, 0.05) is 0 Å². The van der Waals surface area contributed by atoms with Crippen LogP contribution in [0.4, 0.5) is 0 Å². The van der Waals surface area contributed by atoms with Gasteiger partial charge in [0.05, 0.1) is 4.90 Å². The zero-order valence-corrected chi connectivity index (χ0v) is 12.1. The van der Waals surface area contributed by atoms with E-state index in [1.807, 2.05) is 26.8 Å². The predicted molar refractivity (Wildman–Crippen MR) is 71.5 cm³/mol. The molecule has 96 valence electrons. The lowest BCUT2D eigenvalue weighted by Gasteiger charge is -2.05. The predicted octanol–water partition coefficient (Wildman–Crippen LogP) is 2.44. The molecule has 1 heterocycles. The molecule has 0 saturated heterocycles. The fourth-order valence-corrected chi connectivity index (χ4v) is 3.94. The average Bonchev–Trinajstić information content (AvgIpc) is 2.67. The minimum Gasteiger partial charge on any atom is -0.223 e. The third-order valence-corrected chi connectivity index (χ3v) is 5.37. The number of rotatable bonds is 3. The zero-order chi connectivity index (χ0) is 13.3. The van der Waals surface area contributed by atoms with Crippen LogP contribution in [0.2, 0.25) is 0 Å². The highest BCUT2D eigenvalue weighted by Gasteiger charge is 2.18. The summed E-state index contributed by atoms with van der Waals surface area (Å²) < 4.78 is 24.4. The van der Waals surface area contributed by atoms with Crippen molar-refractivity contribution < 1.29 is 8.42 Å². The molecular formula is C12H14N2O2S2. The lowest BCUT2D eigenvalue weighted by atomic mass is 10.1. The van der Waals surface area contributed by atoms with Crippen LogP contribution in [0.1, 0.15) is 21.1 Å². The molecule has 0 aliphatic carbocycles. The molecule has 0 amide bonds. The quantitative estimate of drug-likeness (QED) is 0.867. The minimum atomic E-state index is -3.33. The van der Waals surface area contributed by atoms with Gasteiger partial charge in [-0.2, -0.15) is 0 Å². The van der Waals surface area contributed by atoms with Gasteiger partial charge in [0.1, 0.15) is 15.8 Å². The Bertz CT molecular complexity index is 675. The van der Waals surface area contributed by atoms with Crippen LogP contribution < -0.4 is 0 Å². The highest BCUT2D eigenvalue weighted by atomic mass is 32.2. The largest absolute Gasteiger partial charge is 0.223 e. The van der Waals surface area contributed by atoms with E-state index >= 15 is 0 Å². The molecule has 2 rings (SSSR count). The second-order valence-electron chi connectivity index (χ2n) is 4.22. The van der Waals surface area contributed by atoms with Crippen molar-refractivity contribution in [2.75, 3.05) is 0 Å². The van der Waals surface area contributed by atoms with Crippen LogP contribution in [0.3, 0.4) is 0 Å². The SMILES string of the molecule is Cc1nnc(CS(=O)(=O)c2ccc(C)c(C)c2)s1. The average molecular weight is 282 g/mol. The molecule has 0 fully saturated rings. The van der Waals surface area contributed by atoms with Gasteiger partial charge in [-0.25, -0.2) is 8.42 Å². The summed E-state index contributed by atoms with van der Waals surface area (Å²) >= 11 is 1.32. The maximum Gasteiger partial charge on any atom is 0.184 e. The van der Waals surface area contributed by atoms with E-state index in [1.54, 1.807) is 12.1 Å². The normalized spacial score (nSPS) is 11.7. The molecule has 4 nitrogen and oxygen atoms in total. The summed E-state index contributed by atoms with van der Waals surface area (Å²) in [5, 5.41) is 9.00. The highest BCUT2D eigenvalue weighted by molar-refractivity contribution is 7.90. The number of hydrogen-bond donors (Lipinski definition) is 0. The van der Waals surface area contributed by atoms with Gasteiger partial charge in [-0.05, 0) is 44.0 Å². The Hall–Kier alpha value is -1.27. The second kappa shape index (κ2) is 4.78. The zero-order valence-electron chi connectivity index (χ0n) is 10.5. The van der Waals surface area contributed by atoms with Crippen LogP contribution in [-0.4, -0.2) is 18.6 Å². The summed E-state index contributed by atoms with van der Waals surface area (Å²) in [6.07, 6.45) is 0. The lowest BCUT2D eigenvalue weighted by Crippen LogP contribution is -2.05. The summed E-state index contributed by atoms with van der Waals surface area (Å²) in [6.45, 7) is 5.67. The maximum atomic E-state index is 12.2. The molecular weight excluding hydrogens is 268 g/mol. The van der Waals surface area contributed by atoms with Crippen molar-refractivity contribution in [3.05, 3.63) is 39.3 Å². The molecule has 0 radical (unpaired) electrons. The number of aromatic nitrogens is 2. The highest BCUT2D eigenvalue weighted by Crippen LogP contribution is 2.20. The van der Waals surface area contributed by atoms with Crippen molar-refractivity contribution in [1.82, 2.24) is 10.2 Å². The molecule has 0 bridgehead atoms. The molecule has 0 spiro atoms. The van der Waals surface area contributed by atoms with Crippen molar-refractivity contribution in [2.24, 2.45) is 0 Å². The van der Waals surface area contributed by atoms with Crippen molar-refractivity contribution in [2.45, 2.75) is 31.4 Å². The van der Waals surface area contributed by atoms with Gasteiger partial charge in [0.2, 0.25) is 0 Å². The van der Waals surface area contributed by atoms with Crippen LogP contribution in [0.15, 0.2) is 23.1 Å². The van der Waals surface area contributed by atoms with Crippen LogP contribution in [-0.2, 0) is 15.6 Å². The fraction of sp³-hybridized carbons (Fsp3) is 0.333. The first-order valence-corrected chi connectivity index (χ1v) is 7.94. The van der Waals surface area contributed by atoms with E-state index < -0.39 is 9.84 Å². The fourth-order valence-electron chi connectivity index (χ4n) is 1.55. The summed E-state index contributed by atoms with van der Waals surface area (Å²) in [5.74, 6) is -0.0823. The third-order valence-electron chi connectivity index (χ3n) is 2.72. The van der Waals surface area contributed by atoms with Crippen molar-refractivity contribution in [1.29, 1.82) is 0 Å². The molecule has 6 heteroatoms. The third kappa shape index (κ3) is 2.76. The summed E-state index contributed by atoms with van der Waals surface area (Å²) in [6, 6.07) is 5.18. The van der Waals surface area contributed by atoms with Crippen molar-refractivity contribution in [3.8, 4) is 0 Å². The van der Waals surface area contributed by atoms with E-state index in [0.29, 0.717) is 9.90 Å². The van der Waals surface area contributed by atoms with Gasteiger partial charge in [0.15, 0.2) is 9.84 Å². The lowest BCUT2D eigenvalue weighted by molar-refractivity contribution is 0.595. The molecule has 0 saturated carbocycles. The van der Waals surface area contributed by atoms with Gasteiger partial charge >= 0.3 is 0 Å². The second-order valence-corrected chi connectivity index (χ2v) is 7.48. The van der Waals surface area contributed by atoms with Gasteiger partial charge < -0.3 is 0 Å². The minimum absolute atomic E-state index is 0.0823. The smallest absolute Gasteiger partial charge is 0.184 e. The van der Waals surface area contributed by atoms with E-state index in [4.69, 9.17) is 0 Å². The molecule has 18 heavy (non-hydrogen) atoms. The van der Waals surface area contributed by atoms with E-state index in [2.05, 4.69) is 10.2 Å². The van der Waals surface area contributed by atoms with Gasteiger partial charge in [-0.15, -0.1) is 21.5 Å². The molecule has 1 aromatic heterocycles. The van der Waals surface area contributed by atoms with E-state index in [-0.39, 0.29) is 5.75 Å². The van der Waals surface area contributed by atoms with Gasteiger partial charge in [-0.3, -0.25) is 0 Å². The molecule has 1 aromatic carbocycles. The van der Waals surface area contributed by atoms with Crippen LogP contribution in [0, 0.1) is 20.8 Å². The van der Waals surface area contributed by atoms with E-state index in [1.165, 1.54) is 11.3 Å². The first-order chi connectivity index (χ1) is 8.38. The monoisotopic (exact) mass is 282 g/mol.